The number of fused-ring (bicyclic) bond motifs is 9. The van der Waals surface area contributed by atoms with E-state index in [-0.39, 0.29) is 141 Å². The van der Waals surface area contributed by atoms with Crippen LogP contribution in [0.15, 0.2) is 97.1 Å². The topological polar surface area (TPSA) is 149 Å². The van der Waals surface area contributed by atoms with Gasteiger partial charge in [0.15, 0.2) is 34.7 Å². The first-order valence-electron chi connectivity index (χ1n) is 31.7. The molecule has 0 bridgehead atoms. The van der Waals surface area contributed by atoms with Crippen LogP contribution in [0.25, 0.3) is 0 Å². The number of hydrogen-bond donors (Lipinski definition) is 0. The fraction of sp³-hybridized carbons (Fsp3) is 0.486. The van der Waals surface area contributed by atoms with Crippen molar-refractivity contribution in [2.75, 3.05) is 68.6 Å². The van der Waals surface area contributed by atoms with E-state index in [9.17, 15) is 69.2 Å². The first-order chi connectivity index (χ1) is 45.5. The first kappa shape index (κ1) is 73.3. The molecule has 5 heterocycles. The van der Waals surface area contributed by atoms with Crippen LogP contribution in [0.1, 0.15) is 104 Å². The summed E-state index contributed by atoms with van der Waals surface area (Å²) in [6, 6.07) is 17.0. The molecule has 11 nitrogen and oxygen atoms in total. The zero-order chi connectivity index (χ0) is 70.4. The van der Waals surface area contributed by atoms with Crippen LogP contribution in [0, 0.1) is 81.3 Å². The van der Waals surface area contributed by atoms with Crippen molar-refractivity contribution in [3.8, 4) is 17.2 Å². The van der Waals surface area contributed by atoms with Gasteiger partial charge in [-0.3, -0.25) is 0 Å². The summed E-state index contributed by atoms with van der Waals surface area (Å²) in [4.78, 5) is 0. The average molecular weight is 1430 g/mol. The third-order valence-corrected chi connectivity index (χ3v) is 24.2. The lowest BCUT2D eigenvalue weighted by Gasteiger charge is -2.56. The molecule has 12 rings (SSSR count). The Morgan fingerprint density at radius 2 is 0.856 bits per heavy atom. The number of hydrogen-bond acceptors (Lipinski definition) is 11. The van der Waals surface area contributed by atoms with Crippen molar-refractivity contribution in [2.45, 2.75) is 119 Å². The Balaban J connectivity index is 0.000000158. The maximum Gasteiger partial charge on any atom is 0.416 e. The molecule has 1 aliphatic carbocycles. The Hall–Kier alpha value is -6.42. The minimum absolute atomic E-state index is 0.0149. The van der Waals surface area contributed by atoms with Crippen molar-refractivity contribution in [1.82, 2.24) is 0 Å². The second kappa shape index (κ2) is 28.3. The molecular weight excluding hydrogens is 1360 g/mol. The molecule has 6 aromatic rings. The van der Waals surface area contributed by atoms with Crippen molar-refractivity contribution in [3.63, 3.8) is 0 Å². The zero-order valence-corrected chi connectivity index (χ0v) is 55.8. The summed E-state index contributed by atoms with van der Waals surface area (Å²) in [6.07, 6.45) is -0.135. The summed E-state index contributed by atoms with van der Waals surface area (Å²) >= 11 is 0. The molecule has 1 saturated carbocycles. The van der Waals surface area contributed by atoms with Gasteiger partial charge in [-0.1, -0.05) is 32.4 Å². The molecule has 97 heavy (non-hydrogen) atoms. The van der Waals surface area contributed by atoms with Crippen LogP contribution in [-0.4, -0.2) is 106 Å². The molecular formula is C70H73F13O11S3. The maximum atomic E-state index is 15.3. The number of benzene rings is 6. The molecule has 0 radical (unpaired) electrons. The third-order valence-electron chi connectivity index (χ3n) is 20.5. The summed E-state index contributed by atoms with van der Waals surface area (Å²) in [5, 5.41) is 0. The van der Waals surface area contributed by atoms with E-state index in [1.54, 1.807) is 6.92 Å². The number of alkyl halides is 3. The van der Waals surface area contributed by atoms with Gasteiger partial charge in [0, 0.05) is 94.3 Å². The smallest absolute Gasteiger partial charge is 0.416 e. The zero-order valence-electron chi connectivity index (χ0n) is 53.4. The second-order valence-electron chi connectivity index (χ2n) is 26.8. The Labute approximate surface area is 555 Å². The van der Waals surface area contributed by atoms with E-state index in [2.05, 4.69) is 0 Å². The van der Waals surface area contributed by atoms with Gasteiger partial charge in [-0.25, -0.2) is 69.2 Å². The van der Waals surface area contributed by atoms with Gasteiger partial charge in [-0.15, -0.1) is 0 Å². The standard InChI is InChI=1S/C25H27F5O3S.C23H24F4O4S.C22H22F4O4S/c1-23(12-13-34(2,31)32)10-3-11-24(14-16-4-6-17(7-5-16)25(28,29)30)20(23)15-33-22-19(27)9-8-18(26)21(22)24;1-2-32(28,29)8-5-20-17-13-31-22-19(27)4-3-18(26)21(22)23(17,6-7-30-20)12-14-9-15(24)11-16(25)10-14;1-31(27,28)7-4-19-16-12-30-21-18(26)3-2-17(25)20(21)22(16,5-6-29-19)11-13-8-14(23)10-15(24)9-13/h4-9,20H,3,10-15H2,1-2H3;3-4,9-11,17,20H,2,5-8,12-13H2,1H3;2-3,8-10,16,19H,4-7,11-12H2,1H3/t20-,23-,24-;17-,20-,23-;16-,19-,22-/m100/s1. The largest absolute Gasteiger partial charge is 0.490 e. The highest BCUT2D eigenvalue weighted by Gasteiger charge is 2.58. The molecule has 0 aromatic heterocycles. The molecule has 9 atom stereocenters. The van der Waals surface area contributed by atoms with Gasteiger partial charge in [-0.05, 0) is 159 Å². The first-order valence-corrected chi connectivity index (χ1v) is 37.6. The molecule has 0 unspecified atom stereocenters. The van der Waals surface area contributed by atoms with Gasteiger partial charge < -0.3 is 23.7 Å². The summed E-state index contributed by atoms with van der Waals surface area (Å²) in [5.41, 5.74) is -3.10. The fourth-order valence-electron chi connectivity index (χ4n) is 16.0. The fourth-order valence-corrected chi connectivity index (χ4v) is 18.3. The van der Waals surface area contributed by atoms with Crippen molar-refractivity contribution >= 4 is 29.5 Å². The highest BCUT2D eigenvalue weighted by Crippen LogP contribution is 2.61. The molecule has 0 amide bonds. The summed E-state index contributed by atoms with van der Waals surface area (Å²) in [6.45, 7) is 3.86. The Morgan fingerprint density at radius 1 is 0.464 bits per heavy atom. The van der Waals surface area contributed by atoms with E-state index in [0.717, 1.165) is 73.2 Å². The molecule has 2 saturated heterocycles. The Bertz CT molecular complexity index is 4220. The highest BCUT2D eigenvalue weighted by molar-refractivity contribution is 7.91. The lowest BCUT2D eigenvalue weighted by atomic mass is 9.50. The van der Waals surface area contributed by atoms with E-state index in [0.29, 0.717) is 42.4 Å². The van der Waals surface area contributed by atoms with Gasteiger partial charge in [0.05, 0.1) is 54.9 Å². The summed E-state index contributed by atoms with van der Waals surface area (Å²) < 4.78 is 284. The van der Waals surface area contributed by atoms with E-state index in [4.69, 9.17) is 23.7 Å². The molecule has 6 aliphatic rings. The Kier molecular flexibility index (Phi) is 21.4. The van der Waals surface area contributed by atoms with Crippen LogP contribution >= 0.6 is 0 Å². The van der Waals surface area contributed by atoms with Crippen LogP contribution in [-0.2, 0) is 80.7 Å². The molecule has 6 aromatic carbocycles. The van der Waals surface area contributed by atoms with Gasteiger partial charge in [0.25, 0.3) is 0 Å². The number of sulfone groups is 3. The predicted octanol–water partition coefficient (Wildman–Crippen LogP) is 14.4. The summed E-state index contributed by atoms with van der Waals surface area (Å²) in [7, 11) is -9.81. The van der Waals surface area contributed by atoms with Gasteiger partial charge in [-0.2, -0.15) is 13.2 Å². The van der Waals surface area contributed by atoms with Crippen LogP contribution in [0.5, 0.6) is 17.2 Å². The minimum Gasteiger partial charge on any atom is -0.490 e. The molecule has 27 heteroatoms. The highest BCUT2D eigenvalue weighted by atomic mass is 32.2. The quantitative estimate of drug-likeness (QED) is 0.0853. The number of rotatable bonds is 16. The molecule has 528 valence electrons. The average Bonchev–Trinajstić information content (AvgIpc) is 0.727. The van der Waals surface area contributed by atoms with E-state index < -0.39 is 145 Å². The lowest BCUT2D eigenvalue weighted by Crippen LogP contribution is -2.55. The predicted molar refractivity (Wildman–Crippen MR) is 335 cm³/mol. The maximum absolute atomic E-state index is 15.3. The number of halogens is 13. The van der Waals surface area contributed by atoms with Crippen LogP contribution in [0.3, 0.4) is 0 Å². The van der Waals surface area contributed by atoms with Crippen LogP contribution in [0.4, 0.5) is 57.1 Å². The Morgan fingerprint density at radius 3 is 1.27 bits per heavy atom. The minimum atomic E-state index is -4.48. The van der Waals surface area contributed by atoms with Crippen molar-refractivity contribution in [2.24, 2.45) is 23.2 Å². The van der Waals surface area contributed by atoms with Gasteiger partial charge in [0.1, 0.15) is 70.2 Å². The molecule has 3 fully saturated rings. The molecule has 0 N–H and O–H groups in total. The SMILES string of the molecule is CCS(=O)(=O)CC[C@@H]1OCC[C@@]2(Cc3cc(F)cc(F)c3)c3c(F)ccc(F)c3OC[C@@H]12.CS(=O)(=O)CC[C@@H]1OCC[C@@]2(Cc3cc(F)cc(F)c3)c3c(F)ccc(F)c3OC[C@@H]12.C[C@]1(CCS(C)(=O)=O)CCC[C@]2(Cc3ccc(C(F)(F)F)cc3)c3c(F)ccc(F)c3OC[C@H]12. The van der Waals surface area contributed by atoms with E-state index in [1.165, 1.54) is 36.4 Å². The van der Waals surface area contributed by atoms with Gasteiger partial charge >= 0.3 is 6.18 Å². The van der Waals surface area contributed by atoms with Crippen LogP contribution < -0.4 is 14.2 Å². The third kappa shape index (κ3) is 15.8. The summed E-state index contributed by atoms with van der Waals surface area (Å²) in [5.74, 6) is -9.49. The van der Waals surface area contributed by atoms with Crippen molar-refractivity contribution in [1.29, 1.82) is 0 Å². The normalized spacial score (nSPS) is 25.8. The van der Waals surface area contributed by atoms with Crippen molar-refractivity contribution < 1.29 is 106 Å². The molecule has 5 aliphatic heterocycles. The lowest BCUT2D eigenvalue weighted by molar-refractivity contribution is -0.137. The van der Waals surface area contributed by atoms with E-state index in [1.807, 2.05) is 6.92 Å². The molecule has 0 spiro atoms. The monoisotopic (exact) mass is 1430 g/mol. The second-order valence-corrected chi connectivity index (χ2v) is 33.8. The van der Waals surface area contributed by atoms with Gasteiger partial charge in [0.2, 0.25) is 0 Å². The van der Waals surface area contributed by atoms with E-state index >= 15 is 13.2 Å². The van der Waals surface area contributed by atoms with Crippen LogP contribution in [0.2, 0.25) is 0 Å². The number of ether oxygens (including phenoxy) is 5. The van der Waals surface area contributed by atoms with Crippen molar-refractivity contribution in [3.05, 3.63) is 194 Å².